The Bertz CT molecular complexity index is 1060. The van der Waals surface area contributed by atoms with Crippen LogP contribution in [0.15, 0.2) is 24.3 Å². The number of para-hydroxylation sites is 1. The number of nitrogens with one attached hydrogen (secondary N) is 1. The Balaban J connectivity index is 2.34. The Labute approximate surface area is 207 Å². The average molecular weight is 487 g/mol. The molecule has 0 saturated carbocycles. The lowest BCUT2D eigenvalue weighted by molar-refractivity contribution is -0.123. The summed E-state index contributed by atoms with van der Waals surface area (Å²) in [5.74, 6) is 1.43. The quantitative estimate of drug-likeness (QED) is 0.666. The van der Waals surface area contributed by atoms with Crippen molar-refractivity contribution in [3.8, 4) is 5.75 Å². The van der Waals surface area contributed by atoms with Gasteiger partial charge in [0, 0.05) is 22.6 Å². The number of rotatable bonds is 5. The van der Waals surface area contributed by atoms with Gasteiger partial charge in [-0.05, 0) is 40.7 Å². The molecule has 0 spiro atoms. The molecule has 8 heteroatoms. The van der Waals surface area contributed by atoms with Gasteiger partial charge >= 0.3 is 0 Å². The van der Waals surface area contributed by atoms with E-state index >= 15 is 0 Å². The number of hydrogen-bond acceptors (Lipinski definition) is 5. The molecule has 1 aliphatic rings. The van der Waals surface area contributed by atoms with Crippen LogP contribution in [0.3, 0.4) is 0 Å². The maximum Gasteiger partial charge on any atom is 0.240 e. The van der Waals surface area contributed by atoms with Crippen molar-refractivity contribution in [2.75, 3.05) is 24.3 Å². The molecule has 186 valence electrons. The van der Waals surface area contributed by atoms with E-state index in [2.05, 4.69) is 46.9 Å². The smallest absolute Gasteiger partial charge is 0.240 e. The van der Waals surface area contributed by atoms with Crippen LogP contribution in [0.5, 0.6) is 5.75 Å². The third kappa shape index (κ3) is 5.27. The first-order chi connectivity index (χ1) is 15.8. The van der Waals surface area contributed by atoms with E-state index < -0.39 is 5.54 Å². The van der Waals surface area contributed by atoms with E-state index in [0.29, 0.717) is 5.82 Å². The van der Waals surface area contributed by atoms with E-state index in [-0.39, 0.29) is 40.8 Å². The number of fused-ring (bicyclic) bond motifs is 1. The van der Waals surface area contributed by atoms with Crippen LogP contribution in [-0.4, -0.2) is 47.0 Å². The summed E-state index contributed by atoms with van der Waals surface area (Å²) in [6, 6.07) is 7.92. The summed E-state index contributed by atoms with van der Waals surface area (Å²) in [6.45, 7) is 16.4. The third-order valence-corrected chi connectivity index (χ3v) is 6.84. The van der Waals surface area contributed by atoms with Crippen molar-refractivity contribution >= 4 is 29.4 Å². The van der Waals surface area contributed by atoms with Gasteiger partial charge in [0.2, 0.25) is 11.8 Å². The van der Waals surface area contributed by atoms with E-state index in [1.165, 1.54) is 0 Å². The molecule has 0 saturated heterocycles. The highest BCUT2D eigenvalue weighted by molar-refractivity contribution is 8.00. The zero-order valence-electron chi connectivity index (χ0n) is 21.9. The number of benzene rings is 1. The van der Waals surface area contributed by atoms with Crippen molar-refractivity contribution < 1.29 is 14.3 Å². The molecule has 1 atom stereocenters. The van der Waals surface area contributed by atoms with Gasteiger partial charge in [0.05, 0.1) is 29.3 Å². The summed E-state index contributed by atoms with van der Waals surface area (Å²) in [6.07, 6.45) is 0. The van der Waals surface area contributed by atoms with Crippen LogP contribution in [0.4, 0.5) is 5.82 Å². The van der Waals surface area contributed by atoms with Crippen molar-refractivity contribution in [2.45, 2.75) is 77.6 Å². The van der Waals surface area contributed by atoms with Crippen LogP contribution in [0.25, 0.3) is 0 Å². The summed E-state index contributed by atoms with van der Waals surface area (Å²) < 4.78 is 7.64. The molecule has 0 unspecified atom stereocenters. The van der Waals surface area contributed by atoms with Gasteiger partial charge in [-0.2, -0.15) is 5.10 Å². The Hall–Kier alpha value is -2.48. The molecular weight excluding hydrogens is 448 g/mol. The van der Waals surface area contributed by atoms with Crippen molar-refractivity contribution in [2.24, 2.45) is 0 Å². The maximum absolute atomic E-state index is 13.5. The Morgan fingerprint density at radius 1 is 1.21 bits per heavy atom. The van der Waals surface area contributed by atoms with Crippen LogP contribution < -0.4 is 15.0 Å². The minimum Gasteiger partial charge on any atom is -0.496 e. The van der Waals surface area contributed by atoms with E-state index in [1.54, 1.807) is 23.8 Å². The molecule has 0 fully saturated rings. The highest BCUT2D eigenvalue weighted by Gasteiger charge is 2.42. The fourth-order valence-electron chi connectivity index (χ4n) is 4.18. The Morgan fingerprint density at radius 3 is 2.41 bits per heavy atom. The van der Waals surface area contributed by atoms with Gasteiger partial charge in [-0.1, -0.05) is 39.0 Å². The maximum atomic E-state index is 13.5. The molecule has 0 bridgehead atoms. The van der Waals surface area contributed by atoms with E-state index in [1.807, 2.05) is 42.8 Å². The van der Waals surface area contributed by atoms with Gasteiger partial charge < -0.3 is 10.1 Å². The number of amides is 2. The monoisotopic (exact) mass is 486 g/mol. The van der Waals surface area contributed by atoms with Gasteiger partial charge in [-0.25, -0.2) is 4.68 Å². The van der Waals surface area contributed by atoms with E-state index in [9.17, 15) is 9.59 Å². The number of ether oxygens (including phenoxy) is 1. The highest BCUT2D eigenvalue weighted by atomic mass is 32.2. The lowest BCUT2D eigenvalue weighted by atomic mass is 9.87. The third-order valence-electron chi connectivity index (χ3n) is 5.61. The fraction of sp³-hybridized carbons (Fsp3) is 0.577. The predicted molar refractivity (Wildman–Crippen MR) is 139 cm³/mol. The Morgan fingerprint density at radius 2 is 1.85 bits per heavy atom. The Kier molecular flexibility index (Phi) is 7.41. The predicted octanol–water partition coefficient (Wildman–Crippen LogP) is 4.64. The number of aromatic nitrogens is 2. The molecule has 0 aliphatic carbocycles. The fourth-order valence-corrected chi connectivity index (χ4v) is 5.40. The summed E-state index contributed by atoms with van der Waals surface area (Å²) in [5, 5.41) is 7.86. The lowest BCUT2D eigenvalue weighted by Gasteiger charge is -2.29. The number of anilines is 1. The number of thioether (sulfide) groups is 1. The number of methoxy groups -OCH3 is 1. The van der Waals surface area contributed by atoms with Crippen molar-refractivity contribution in [1.82, 2.24) is 15.1 Å². The first kappa shape index (κ1) is 26.1. The molecule has 1 aromatic heterocycles. The minimum atomic E-state index is -0.402. The zero-order valence-corrected chi connectivity index (χ0v) is 22.7. The van der Waals surface area contributed by atoms with Crippen molar-refractivity contribution in [1.29, 1.82) is 0 Å². The van der Waals surface area contributed by atoms with Crippen LogP contribution in [0.2, 0.25) is 0 Å². The van der Waals surface area contributed by atoms with Crippen LogP contribution >= 0.6 is 11.8 Å². The summed E-state index contributed by atoms with van der Waals surface area (Å²) in [7, 11) is 1.66. The number of carbonyl (C=O) groups is 2. The van der Waals surface area contributed by atoms with E-state index in [4.69, 9.17) is 9.84 Å². The lowest BCUT2D eigenvalue weighted by Crippen LogP contribution is -2.45. The molecule has 1 aliphatic heterocycles. The van der Waals surface area contributed by atoms with Crippen molar-refractivity contribution in [3.05, 3.63) is 41.1 Å². The standard InChI is InChI=1S/C26H38N4O3S/c1-16(2)27-19(31)14-29-20(32)15-34-22(17-12-10-11-13-18(17)33-9)21-23(25(3,4)5)28-30(24(21)29)26(6,7)8/h10-13,16,22H,14-15H2,1-9H3,(H,27,31)/t22-/m0/s1. The SMILES string of the molecule is COc1ccccc1[C@@H]1SCC(=O)N(CC(=O)NC(C)C)c2c1c(C(C)(C)C)nn2C(C)(C)C. The van der Waals surface area contributed by atoms with Crippen LogP contribution in [-0.2, 0) is 20.5 Å². The molecule has 1 aromatic carbocycles. The van der Waals surface area contributed by atoms with Gasteiger partial charge in [-0.15, -0.1) is 11.8 Å². The van der Waals surface area contributed by atoms with Crippen molar-refractivity contribution in [3.63, 3.8) is 0 Å². The van der Waals surface area contributed by atoms with Gasteiger partial charge in [0.1, 0.15) is 18.1 Å². The first-order valence-electron chi connectivity index (χ1n) is 11.7. The molecule has 34 heavy (non-hydrogen) atoms. The molecule has 7 nitrogen and oxygen atoms in total. The largest absolute Gasteiger partial charge is 0.496 e. The first-order valence-corrected chi connectivity index (χ1v) is 12.8. The van der Waals surface area contributed by atoms with Gasteiger partial charge in [0.15, 0.2) is 0 Å². The summed E-state index contributed by atoms with van der Waals surface area (Å²) >= 11 is 1.56. The summed E-state index contributed by atoms with van der Waals surface area (Å²) in [4.78, 5) is 28.0. The number of nitrogens with zero attached hydrogens (tertiary/aromatic N) is 3. The molecule has 1 N–H and O–H groups in total. The van der Waals surface area contributed by atoms with E-state index in [0.717, 1.165) is 22.6 Å². The molecule has 2 heterocycles. The second-order valence-electron chi connectivity index (χ2n) is 11.1. The number of hydrogen-bond donors (Lipinski definition) is 1. The molecule has 2 amide bonds. The second kappa shape index (κ2) is 9.64. The normalized spacial score (nSPS) is 16.9. The zero-order chi connectivity index (χ0) is 25.4. The molecular formula is C26H38N4O3S. The second-order valence-corrected chi connectivity index (χ2v) is 12.1. The molecule has 3 rings (SSSR count). The van der Waals surface area contributed by atoms with Crippen LogP contribution in [0.1, 0.15) is 77.5 Å². The minimum absolute atomic E-state index is 0.0117. The molecule has 2 aromatic rings. The van der Waals surface area contributed by atoms with Gasteiger partial charge in [0.25, 0.3) is 0 Å². The number of carbonyl (C=O) groups excluding carboxylic acids is 2. The average Bonchev–Trinajstić information content (AvgIpc) is 3.07. The van der Waals surface area contributed by atoms with Crippen LogP contribution in [0, 0.1) is 0 Å². The molecule has 0 radical (unpaired) electrons. The van der Waals surface area contributed by atoms with Gasteiger partial charge in [-0.3, -0.25) is 14.5 Å². The summed E-state index contributed by atoms with van der Waals surface area (Å²) in [5.41, 5.74) is 2.21. The highest BCUT2D eigenvalue weighted by Crippen LogP contribution is 2.50. The topological polar surface area (TPSA) is 76.5 Å².